The molecule has 0 saturated heterocycles. The van der Waals surface area contributed by atoms with Crippen molar-refractivity contribution in [3.63, 3.8) is 0 Å². The Hall–Kier alpha value is -3.46. The Morgan fingerprint density at radius 1 is 1.32 bits per heavy atom. The number of ether oxygens (including phenoxy) is 1. The highest BCUT2D eigenvalue weighted by Crippen LogP contribution is 2.33. The van der Waals surface area contributed by atoms with Gasteiger partial charge < -0.3 is 20.0 Å². The Labute approximate surface area is 178 Å². The molecule has 0 bridgehead atoms. The van der Waals surface area contributed by atoms with E-state index in [2.05, 4.69) is 15.0 Å². The third-order valence-corrected chi connectivity index (χ3v) is 4.98. The molecule has 0 aliphatic carbocycles. The number of pyridine rings is 1. The normalized spacial score (nSPS) is 12.0. The zero-order valence-corrected chi connectivity index (χ0v) is 18.2. The minimum Gasteiger partial charge on any atom is -0.443 e. The Kier molecular flexibility index (Phi) is 4.93. The topological polar surface area (TPSA) is 102 Å². The fraction of sp³-hybridized carbons (Fsp3) is 0.318. The van der Waals surface area contributed by atoms with Crippen LogP contribution in [0, 0.1) is 5.82 Å². The number of nitrogens with zero attached hydrogens (tertiary/aromatic N) is 4. The van der Waals surface area contributed by atoms with Crippen molar-refractivity contribution in [3.8, 4) is 11.3 Å². The van der Waals surface area contributed by atoms with Crippen molar-refractivity contribution in [1.29, 1.82) is 0 Å². The van der Waals surface area contributed by atoms with Crippen molar-refractivity contribution < 1.29 is 13.9 Å². The molecule has 0 atom stereocenters. The zero-order chi connectivity index (χ0) is 22.5. The van der Waals surface area contributed by atoms with Crippen molar-refractivity contribution in [2.45, 2.75) is 32.9 Å². The number of halogens is 1. The molecule has 4 rings (SSSR count). The number of carbonyl (C=O) groups excluding carboxylic acids is 1. The quantitative estimate of drug-likeness (QED) is 0.516. The molecular weight excluding hydrogens is 399 g/mol. The molecule has 0 aliphatic heterocycles. The molecule has 1 aromatic carbocycles. The van der Waals surface area contributed by atoms with Gasteiger partial charge in [0.05, 0.1) is 11.8 Å². The van der Waals surface area contributed by atoms with Gasteiger partial charge in [-0.1, -0.05) is 0 Å². The summed E-state index contributed by atoms with van der Waals surface area (Å²) in [6, 6.07) is 6.75. The summed E-state index contributed by atoms with van der Waals surface area (Å²) in [5.74, 6) is 0.0447. The molecule has 1 amide bonds. The first-order valence-electron chi connectivity index (χ1n) is 9.88. The predicted octanol–water partition coefficient (Wildman–Crippen LogP) is 4.09. The second-order valence-electron chi connectivity index (χ2n) is 8.48. The average Bonchev–Trinajstić information content (AvgIpc) is 3.29. The molecule has 0 spiro atoms. The van der Waals surface area contributed by atoms with Crippen molar-refractivity contribution >= 4 is 34.0 Å². The van der Waals surface area contributed by atoms with Crippen molar-refractivity contribution in [1.82, 2.24) is 19.5 Å². The van der Waals surface area contributed by atoms with E-state index >= 15 is 0 Å². The van der Waals surface area contributed by atoms with E-state index in [1.54, 1.807) is 46.3 Å². The number of hydrogen-bond acceptors (Lipinski definition) is 5. The Morgan fingerprint density at radius 3 is 2.74 bits per heavy atom. The van der Waals surface area contributed by atoms with Crippen LogP contribution in [0.25, 0.3) is 33.3 Å². The van der Waals surface area contributed by atoms with E-state index in [4.69, 9.17) is 10.5 Å². The van der Waals surface area contributed by atoms with Crippen LogP contribution >= 0.6 is 0 Å². The second kappa shape index (κ2) is 7.35. The molecule has 162 valence electrons. The molecule has 3 heterocycles. The number of hydrogen-bond donors (Lipinski definition) is 2. The number of anilines is 1. The lowest BCUT2D eigenvalue weighted by Gasteiger charge is -2.24. The van der Waals surface area contributed by atoms with E-state index in [1.165, 1.54) is 11.0 Å². The summed E-state index contributed by atoms with van der Waals surface area (Å²) in [6.45, 7) is 5.53. The number of amides is 1. The van der Waals surface area contributed by atoms with E-state index in [1.807, 2.05) is 17.7 Å². The summed E-state index contributed by atoms with van der Waals surface area (Å²) in [4.78, 5) is 26.4. The standard InChI is InChI=1S/C22H25FN6O2/c1-22(2,3)31-21(30)29(5)20-17-18(28(4)11-25-17)14-9-16(26-19(14)27-20)12-6-7-15(23)13(8-12)10-24/h6-9,11H,10,24H2,1-5H3,(H,26,27). The molecule has 3 aromatic heterocycles. The van der Waals surface area contributed by atoms with Crippen LogP contribution < -0.4 is 10.6 Å². The maximum Gasteiger partial charge on any atom is 0.415 e. The second-order valence-corrected chi connectivity index (χ2v) is 8.48. The third kappa shape index (κ3) is 3.72. The maximum absolute atomic E-state index is 13.9. The average molecular weight is 424 g/mol. The number of carbonyl (C=O) groups is 1. The molecular formula is C22H25FN6O2. The zero-order valence-electron chi connectivity index (χ0n) is 18.2. The number of benzene rings is 1. The summed E-state index contributed by atoms with van der Waals surface area (Å²) in [7, 11) is 3.48. The highest BCUT2D eigenvalue weighted by Gasteiger charge is 2.25. The van der Waals surface area contributed by atoms with Gasteiger partial charge in [-0.2, -0.15) is 0 Å². The largest absolute Gasteiger partial charge is 0.443 e. The van der Waals surface area contributed by atoms with Gasteiger partial charge in [-0.15, -0.1) is 0 Å². The van der Waals surface area contributed by atoms with Crippen molar-refractivity contribution in [3.05, 3.63) is 42.0 Å². The summed E-state index contributed by atoms with van der Waals surface area (Å²) in [5.41, 5.74) is 8.97. The van der Waals surface area contributed by atoms with Gasteiger partial charge in [0.15, 0.2) is 5.82 Å². The molecule has 0 radical (unpaired) electrons. The minimum absolute atomic E-state index is 0.106. The predicted molar refractivity (Wildman–Crippen MR) is 118 cm³/mol. The van der Waals surface area contributed by atoms with Crippen LogP contribution in [0.2, 0.25) is 0 Å². The number of aromatic nitrogens is 4. The number of imidazole rings is 1. The third-order valence-electron chi connectivity index (χ3n) is 4.98. The van der Waals surface area contributed by atoms with Crippen molar-refractivity contribution in [2.75, 3.05) is 11.9 Å². The monoisotopic (exact) mass is 424 g/mol. The van der Waals surface area contributed by atoms with E-state index in [0.29, 0.717) is 22.5 Å². The van der Waals surface area contributed by atoms with Gasteiger partial charge in [0.1, 0.15) is 22.6 Å². The summed E-state index contributed by atoms with van der Waals surface area (Å²) >= 11 is 0. The van der Waals surface area contributed by atoms with Gasteiger partial charge in [0.2, 0.25) is 0 Å². The number of fused-ring (bicyclic) bond motifs is 3. The van der Waals surface area contributed by atoms with E-state index in [9.17, 15) is 9.18 Å². The van der Waals surface area contributed by atoms with E-state index in [-0.39, 0.29) is 12.4 Å². The van der Waals surface area contributed by atoms with Crippen LogP contribution in [-0.4, -0.2) is 38.3 Å². The van der Waals surface area contributed by atoms with E-state index in [0.717, 1.165) is 22.2 Å². The molecule has 0 aliphatic rings. The van der Waals surface area contributed by atoms with Crippen LogP contribution in [0.5, 0.6) is 0 Å². The summed E-state index contributed by atoms with van der Waals surface area (Å²) in [5, 5.41) is 0.838. The molecule has 3 N–H and O–H groups in total. The van der Waals surface area contributed by atoms with Crippen LogP contribution in [0.3, 0.4) is 0 Å². The van der Waals surface area contributed by atoms with Gasteiger partial charge >= 0.3 is 6.09 Å². The number of aryl methyl sites for hydroxylation is 1. The highest BCUT2D eigenvalue weighted by atomic mass is 19.1. The maximum atomic E-state index is 13.9. The first-order valence-corrected chi connectivity index (χ1v) is 9.88. The number of H-pyrrole nitrogens is 1. The minimum atomic E-state index is -0.637. The smallest absolute Gasteiger partial charge is 0.415 e. The molecule has 0 saturated carbocycles. The van der Waals surface area contributed by atoms with Gasteiger partial charge in [-0.3, -0.25) is 4.90 Å². The van der Waals surface area contributed by atoms with Gasteiger partial charge in [0.25, 0.3) is 0 Å². The van der Waals surface area contributed by atoms with E-state index < -0.39 is 11.7 Å². The number of nitrogens with two attached hydrogens (primary N) is 1. The van der Waals surface area contributed by atoms with Crippen molar-refractivity contribution in [2.24, 2.45) is 12.8 Å². The Morgan fingerprint density at radius 2 is 2.06 bits per heavy atom. The van der Waals surface area contributed by atoms with Crippen LogP contribution in [0.4, 0.5) is 15.0 Å². The molecule has 31 heavy (non-hydrogen) atoms. The van der Waals surface area contributed by atoms with Gasteiger partial charge in [-0.25, -0.2) is 19.2 Å². The number of aromatic amines is 1. The Balaban J connectivity index is 1.88. The lowest BCUT2D eigenvalue weighted by molar-refractivity contribution is 0.0588. The van der Waals surface area contributed by atoms with Crippen LogP contribution in [0.15, 0.2) is 30.6 Å². The first kappa shape index (κ1) is 20.8. The molecule has 0 unspecified atom stereocenters. The number of rotatable bonds is 3. The fourth-order valence-corrected chi connectivity index (χ4v) is 3.49. The lowest BCUT2D eigenvalue weighted by Crippen LogP contribution is -2.34. The molecule has 9 heteroatoms. The van der Waals surface area contributed by atoms with Gasteiger partial charge in [-0.05, 0) is 50.6 Å². The first-order chi connectivity index (χ1) is 14.6. The number of nitrogens with one attached hydrogen (secondary N) is 1. The fourth-order valence-electron chi connectivity index (χ4n) is 3.49. The van der Waals surface area contributed by atoms with Crippen LogP contribution in [-0.2, 0) is 18.3 Å². The Bertz CT molecular complexity index is 1300. The lowest BCUT2D eigenvalue weighted by atomic mass is 10.1. The molecule has 4 aromatic rings. The highest BCUT2D eigenvalue weighted by molar-refractivity contribution is 6.09. The summed E-state index contributed by atoms with van der Waals surface area (Å²) < 4.78 is 21.2. The molecule has 8 nitrogen and oxygen atoms in total. The molecule has 0 fully saturated rings. The SMILES string of the molecule is CN(C(=O)OC(C)(C)C)c1nc2[nH]c(-c3ccc(F)c(CN)c3)cc2c2c1ncn2C. The van der Waals surface area contributed by atoms with Crippen LogP contribution in [0.1, 0.15) is 26.3 Å². The summed E-state index contributed by atoms with van der Waals surface area (Å²) in [6.07, 6.45) is 1.15. The van der Waals surface area contributed by atoms with Gasteiger partial charge in [0, 0.05) is 37.3 Å².